The van der Waals surface area contributed by atoms with Crippen LogP contribution in [-0.2, 0) is 25.5 Å². The molecule has 1 aliphatic heterocycles. The number of ether oxygens (including phenoxy) is 1. The van der Waals surface area contributed by atoms with E-state index in [-0.39, 0.29) is 42.6 Å². The van der Waals surface area contributed by atoms with Gasteiger partial charge in [0.15, 0.2) is 0 Å². The highest BCUT2D eigenvalue weighted by Gasteiger charge is 2.36. The van der Waals surface area contributed by atoms with Crippen molar-refractivity contribution in [3.05, 3.63) is 29.8 Å². The molecule has 0 saturated carbocycles. The van der Waals surface area contributed by atoms with Gasteiger partial charge >= 0.3 is 5.97 Å². The Labute approximate surface area is 148 Å². The van der Waals surface area contributed by atoms with E-state index < -0.39 is 0 Å². The minimum atomic E-state index is -0.337. The van der Waals surface area contributed by atoms with Crippen LogP contribution in [0.25, 0.3) is 0 Å². The van der Waals surface area contributed by atoms with Crippen molar-refractivity contribution in [2.24, 2.45) is 5.92 Å². The van der Waals surface area contributed by atoms with E-state index in [0.29, 0.717) is 12.2 Å². The molecular formula is C19H26N2O4. The molecule has 1 aromatic carbocycles. The summed E-state index contributed by atoms with van der Waals surface area (Å²) in [5, 5.41) is 2.86. The standard InChI is InChI=1S/C19H26N2O4/c1-4-6-13(2)21-12-15(11-17(21)22)19(24)20-16-8-5-7-14(9-16)10-18(23)25-3/h5,7-9,13,15H,4,6,10-12H2,1-3H3,(H,20,24). The molecule has 136 valence electrons. The molecule has 1 saturated heterocycles. The summed E-state index contributed by atoms with van der Waals surface area (Å²) >= 11 is 0. The Morgan fingerprint density at radius 3 is 2.84 bits per heavy atom. The quantitative estimate of drug-likeness (QED) is 0.769. The molecule has 25 heavy (non-hydrogen) atoms. The molecule has 6 heteroatoms. The highest BCUT2D eigenvalue weighted by Crippen LogP contribution is 2.23. The third-order valence-corrected chi connectivity index (χ3v) is 4.54. The first kappa shape index (κ1) is 19.0. The highest BCUT2D eigenvalue weighted by molar-refractivity contribution is 5.97. The number of hydrogen-bond acceptors (Lipinski definition) is 4. The summed E-state index contributed by atoms with van der Waals surface area (Å²) in [6, 6.07) is 7.28. The van der Waals surface area contributed by atoms with E-state index >= 15 is 0 Å². The van der Waals surface area contributed by atoms with Gasteiger partial charge in [0, 0.05) is 24.7 Å². The predicted molar refractivity (Wildman–Crippen MR) is 95.0 cm³/mol. The van der Waals surface area contributed by atoms with Crippen molar-refractivity contribution in [1.82, 2.24) is 4.90 Å². The molecule has 0 aliphatic carbocycles. The minimum Gasteiger partial charge on any atom is -0.469 e. The molecule has 1 N–H and O–H groups in total. The van der Waals surface area contributed by atoms with Gasteiger partial charge in [-0.25, -0.2) is 0 Å². The molecule has 2 rings (SSSR count). The van der Waals surface area contributed by atoms with Crippen LogP contribution in [0.4, 0.5) is 5.69 Å². The first-order valence-corrected chi connectivity index (χ1v) is 8.70. The number of likely N-dealkylation sites (tertiary alicyclic amines) is 1. The number of methoxy groups -OCH3 is 1. The van der Waals surface area contributed by atoms with Crippen LogP contribution in [-0.4, -0.2) is 42.4 Å². The van der Waals surface area contributed by atoms with Gasteiger partial charge in [-0.3, -0.25) is 14.4 Å². The molecular weight excluding hydrogens is 320 g/mol. The summed E-state index contributed by atoms with van der Waals surface area (Å²) < 4.78 is 4.65. The number of hydrogen-bond donors (Lipinski definition) is 1. The van der Waals surface area contributed by atoms with Crippen molar-refractivity contribution in [2.75, 3.05) is 19.0 Å². The SMILES string of the molecule is CCCC(C)N1CC(C(=O)Nc2cccc(CC(=O)OC)c2)CC1=O. The number of amides is 2. The first-order chi connectivity index (χ1) is 11.9. The van der Waals surface area contributed by atoms with E-state index in [2.05, 4.69) is 17.0 Å². The van der Waals surface area contributed by atoms with Crippen LogP contribution in [0.1, 0.15) is 38.7 Å². The summed E-state index contributed by atoms with van der Waals surface area (Å²) in [6.07, 6.45) is 2.36. The predicted octanol–water partition coefficient (Wildman–Crippen LogP) is 2.38. The second kappa shape index (κ2) is 8.65. The van der Waals surface area contributed by atoms with Gasteiger partial charge in [-0.05, 0) is 31.0 Å². The van der Waals surface area contributed by atoms with Crippen molar-refractivity contribution in [2.45, 2.75) is 45.6 Å². The summed E-state index contributed by atoms with van der Waals surface area (Å²) in [6.45, 7) is 4.58. The second-order valence-corrected chi connectivity index (χ2v) is 6.53. The highest BCUT2D eigenvalue weighted by atomic mass is 16.5. The Hall–Kier alpha value is -2.37. The molecule has 0 aromatic heterocycles. The lowest BCUT2D eigenvalue weighted by molar-refractivity contribution is -0.139. The van der Waals surface area contributed by atoms with E-state index in [1.165, 1.54) is 7.11 Å². The fourth-order valence-corrected chi connectivity index (χ4v) is 3.15. The van der Waals surface area contributed by atoms with E-state index in [1.807, 2.05) is 6.92 Å². The molecule has 2 amide bonds. The molecule has 1 aliphatic rings. The molecule has 2 atom stereocenters. The van der Waals surface area contributed by atoms with Crippen molar-refractivity contribution in [3.8, 4) is 0 Å². The topological polar surface area (TPSA) is 75.7 Å². The monoisotopic (exact) mass is 346 g/mol. The average molecular weight is 346 g/mol. The maximum atomic E-state index is 12.5. The summed E-state index contributed by atoms with van der Waals surface area (Å²) in [5.41, 5.74) is 1.39. The molecule has 1 aromatic rings. The maximum Gasteiger partial charge on any atom is 0.309 e. The third kappa shape index (κ3) is 5.05. The van der Waals surface area contributed by atoms with Crippen LogP contribution >= 0.6 is 0 Å². The van der Waals surface area contributed by atoms with Gasteiger partial charge in [-0.2, -0.15) is 0 Å². The van der Waals surface area contributed by atoms with Crippen LogP contribution in [0.5, 0.6) is 0 Å². The second-order valence-electron chi connectivity index (χ2n) is 6.53. The molecule has 0 radical (unpaired) electrons. The Morgan fingerprint density at radius 1 is 1.40 bits per heavy atom. The number of esters is 1. The van der Waals surface area contributed by atoms with E-state index in [1.54, 1.807) is 29.2 Å². The van der Waals surface area contributed by atoms with Crippen LogP contribution < -0.4 is 5.32 Å². The first-order valence-electron chi connectivity index (χ1n) is 8.70. The third-order valence-electron chi connectivity index (χ3n) is 4.54. The number of rotatable bonds is 7. The van der Waals surface area contributed by atoms with Crippen LogP contribution in [0, 0.1) is 5.92 Å². The molecule has 0 bridgehead atoms. The van der Waals surface area contributed by atoms with Crippen LogP contribution in [0.3, 0.4) is 0 Å². The molecule has 6 nitrogen and oxygen atoms in total. The fraction of sp³-hybridized carbons (Fsp3) is 0.526. The normalized spacial score (nSPS) is 18.1. The minimum absolute atomic E-state index is 0.0422. The number of nitrogens with one attached hydrogen (secondary N) is 1. The van der Waals surface area contributed by atoms with E-state index in [9.17, 15) is 14.4 Å². The largest absolute Gasteiger partial charge is 0.469 e. The molecule has 1 fully saturated rings. The summed E-state index contributed by atoms with van der Waals surface area (Å²) in [4.78, 5) is 37.8. The van der Waals surface area contributed by atoms with Gasteiger partial charge in [0.25, 0.3) is 0 Å². The number of benzene rings is 1. The zero-order valence-electron chi connectivity index (χ0n) is 15.1. The molecule has 0 spiro atoms. The number of carbonyl (C=O) groups is 3. The zero-order chi connectivity index (χ0) is 18.4. The van der Waals surface area contributed by atoms with Gasteiger partial charge in [0.1, 0.15) is 0 Å². The lowest BCUT2D eigenvalue weighted by Crippen LogP contribution is -2.35. The smallest absolute Gasteiger partial charge is 0.309 e. The number of anilines is 1. The van der Waals surface area contributed by atoms with Gasteiger partial charge < -0.3 is 15.0 Å². The zero-order valence-corrected chi connectivity index (χ0v) is 15.1. The van der Waals surface area contributed by atoms with Crippen molar-refractivity contribution in [3.63, 3.8) is 0 Å². The van der Waals surface area contributed by atoms with Gasteiger partial charge in [0.2, 0.25) is 11.8 Å². The van der Waals surface area contributed by atoms with Crippen molar-refractivity contribution < 1.29 is 19.1 Å². The number of carbonyl (C=O) groups excluding carboxylic acids is 3. The van der Waals surface area contributed by atoms with Gasteiger partial charge in [-0.1, -0.05) is 25.5 Å². The molecule has 2 unspecified atom stereocenters. The van der Waals surface area contributed by atoms with Crippen molar-refractivity contribution in [1.29, 1.82) is 0 Å². The summed E-state index contributed by atoms with van der Waals surface area (Å²) in [5.74, 6) is -0.781. The maximum absolute atomic E-state index is 12.5. The van der Waals surface area contributed by atoms with Crippen molar-refractivity contribution >= 4 is 23.5 Å². The average Bonchev–Trinajstić information content (AvgIpc) is 2.97. The Kier molecular flexibility index (Phi) is 6.56. The van der Waals surface area contributed by atoms with Gasteiger partial charge in [0.05, 0.1) is 19.4 Å². The Balaban J connectivity index is 1.97. The van der Waals surface area contributed by atoms with E-state index in [0.717, 1.165) is 18.4 Å². The lowest BCUT2D eigenvalue weighted by atomic mass is 10.1. The number of nitrogens with zero attached hydrogens (tertiary/aromatic N) is 1. The Bertz CT molecular complexity index is 644. The van der Waals surface area contributed by atoms with Crippen LogP contribution in [0.15, 0.2) is 24.3 Å². The van der Waals surface area contributed by atoms with Crippen LogP contribution in [0.2, 0.25) is 0 Å². The Morgan fingerprint density at radius 2 is 2.16 bits per heavy atom. The van der Waals surface area contributed by atoms with Gasteiger partial charge in [-0.15, -0.1) is 0 Å². The lowest BCUT2D eigenvalue weighted by Gasteiger charge is -2.24. The summed E-state index contributed by atoms with van der Waals surface area (Å²) in [7, 11) is 1.34. The van der Waals surface area contributed by atoms with E-state index in [4.69, 9.17) is 0 Å². The molecule has 1 heterocycles. The fourth-order valence-electron chi connectivity index (χ4n) is 3.15.